The van der Waals surface area contributed by atoms with E-state index in [9.17, 15) is 0 Å². The molecule has 0 bridgehead atoms. The summed E-state index contributed by atoms with van der Waals surface area (Å²) in [5.41, 5.74) is 7.17. The second-order valence-electron chi connectivity index (χ2n) is 4.23. The van der Waals surface area contributed by atoms with Gasteiger partial charge in [0.2, 0.25) is 0 Å². The molecule has 2 heteroatoms. The zero-order valence-corrected chi connectivity index (χ0v) is 10.4. The largest absolute Gasteiger partial charge is 0.492 e. The Bertz CT molecular complexity index is 281. The maximum absolute atomic E-state index is 5.79. The van der Waals surface area contributed by atoms with E-state index in [2.05, 4.69) is 26.0 Å². The van der Waals surface area contributed by atoms with Crippen LogP contribution in [0.25, 0.3) is 0 Å². The molecule has 0 amide bonds. The molecule has 1 aromatic carbocycles. The summed E-state index contributed by atoms with van der Waals surface area (Å²) in [5.74, 6) is 0.921. The van der Waals surface area contributed by atoms with Crippen molar-refractivity contribution < 1.29 is 4.74 Å². The lowest BCUT2D eigenvalue weighted by Gasteiger charge is -2.11. The second kappa shape index (κ2) is 7.29. The van der Waals surface area contributed by atoms with Crippen LogP contribution in [0.1, 0.15) is 38.7 Å². The minimum Gasteiger partial charge on any atom is -0.492 e. The predicted octanol–water partition coefficient (Wildman–Crippen LogP) is 3.15. The van der Waals surface area contributed by atoms with Crippen LogP contribution in [0.3, 0.4) is 0 Å². The first-order valence-electron chi connectivity index (χ1n) is 6.23. The molecule has 0 aliphatic heterocycles. The Morgan fingerprint density at radius 2 is 1.88 bits per heavy atom. The second-order valence-corrected chi connectivity index (χ2v) is 4.23. The monoisotopic (exact) mass is 221 g/mol. The lowest BCUT2D eigenvalue weighted by molar-refractivity contribution is 0.285. The molecular weight excluding hydrogens is 198 g/mol. The maximum Gasteiger partial charge on any atom is 0.119 e. The van der Waals surface area contributed by atoms with Crippen molar-refractivity contribution in [3.05, 3.63) is 29.8 Å². The highest BCUT2D eigenvalue weighted by Crippen LogP contribution is 2.14. The molecule has 1 atom stereocenters. The van der Waals surface area contributed by atoms with Gasteiger partial charge in [-0.15, -0.1) is 0 Å². The molecule has 1 aromatic rings. The van der Waals surface area contributed by atoms with E-state index in [4.69, 9.17) is 10.5 Å². The van der Waals surface area contributed by atoms with E-state index in [-0.39, 0.29) is 6.04 Å². The van der Waals surface area contributed by atoms with Gasteiger partial charge in [0, 0.05) is 6.04 Å². The fourth-order valence-electron chi connectivity index (χ4n) is 1.45. The van der Waals surface area contributed by atoms with Crippen LogP contribution in [-0.2, 0) is 6.42 Å². The third kappa shape index (κ3) is 4.67. The van der Waals surface area contributed by atoms with Crippen molar-refractivity contribution in [1.82, 2.24) is 0 Å². The van der Waals surface area contributed by atoms with Crippen LogP contribution >= 0.6 is 0 Å². The van der Waals surface area contributed by atoms with Crippen LogP contribution in [0.5, 0.6) is 5.75 Å². The molecule has 0 heterocycles. The highest BCUT2D eigenvalue weighted by Gasteiger charge is 2.00. The van der Waals surface area contributed by atoms with Crippen LogP contribution in [-0.4, -0.2) is 12.6 Å². The zero-order chi connectivity index (χ0) is 11.8. The van der Waals surface area contributed by atoms with Gasteiger partial charge in [-0.25, -0.2) is 0 Å². The fraction of sp³-hybridized carbons (Fsp3) is 0.571. The predicted molar refractivity (Wildman–Crippen MR) is 68.8 cm³/mol. The van der Waals surface area contributed by atoms with Gasteiger partial charge >= 0.3 is 0 Å². The minimum atomic E-state index is 0.139. The number of ether oxygens (including phenoxy) is 1. The number of nitrogens with two attached hydrogens (primary N) is 1. The number of benzene rings is 1. The van der Waals surface area contributed by atoms with E-state index in [1.165, 1.54) is 18.4 Å². The van der Waals surface area contributed by atoms with E-state index in [0.29, 0.717) is 6.61 Å². The number of rotatable bonds is 7. The minimum absolute atomic E-state index is 0.139. The summed E-state index contributed by atoms with van der Waals surface area (Å²) in [5, 5.41) is 0. The summed E-state index contributed by atoms with van der Waals surface area (Å²) in [7, 11) is 0. The summed E-state index contributed by atoms with van der Waals surface area (Å²) in [6.45, 7) is 4.89. The van der Waals surface area contributed by atoms with Gasteiger partial charge in [0.25, 0.3) is 0 Å². The fourth-order valence-corrected chi connectivity index (χ4v) is 1.45. The molecule has 0 fully saturated rings. The Morgan fingerprint density at radius 3 is 2.44 bits per heavy atom. The summed E-state index contributed by atoms with van der Waals surface area (Å²) < 4.78 is 5.59. The molecule has 0 spiro atoms. The normalized spacial score (nSPS) is 12.4. The molecule has 90 valence electrons. The first-order chi connectivity index (χ1) is 7.76. The van der Waals surface area contributed by atoms with Crippen molar-refractivity contribution in [1.29, 1.82) is 0 Å². The van der Waals surface area contributed by atoms with Crippen LogP contribution in [0.4, 0.5) is 0 Å². The Morgan fingerprint density at radius 1 is 1.19 bits per heavy atom. The van der Waals surface area contributed by atoms with Gasteiger partial charge < -0.3 is 10.5 Å². The van der Waals surface area contributed by atoms with Gasteiger partial charge in [-0.2, -0.15) is 0 Å². The Hall–Kier alpha value is -1.02. The van der Waals surface area contributed by atoms with Crippen molar-refractivity contribution >= 4 is 0 Å². The van der Waals surface area contributed by atoms with E-state index in [1.54, 1.807) is 0 Å². The Balaban J connectivity index is 2.38. The highest BCUT2D eigenvalue weighted by atomic mass is 16.5. The molecule has 2 N–H and O–H groups in total. The molecule has 0 aromatic heterocycles. The SMILES string of the molecule is CCCCc1ccc(OCC(N)CC)cc1. The van der Waals surface area contributed by atoms with Crippen molar-refractivity contribution in [3.8, 4) is 5.75 Å². The average Bonchev–Trinajstić information content (AvgIpc) is 2.34. The van der Waals surface area contributed by atoms with E-state index in [1.807, 2.05) is 12.1 Å². The van der Waals surface area contributed by atoms with Gasteiger partial charge in [-0.05, 0) is 37.0 Å². The standard InChI is InChI=1S/C14H23NO/c1-3-5-6-12-7-9-14(10-8-12)16-11-13(15)4-2/h7-10,13H,3-6,11,15H2,1-2H3. The lowest BCUT2D eigenvalue weighted by Crippen LogP contribution is -2.26. The maximum atomic E-state index is 5.79. The number of hydrogen-bond acceptors (Lipinski definition) is 2. The molecule has 16 heavy (non-hydrogen) atoms. The molecule has 0 saturated carbocycles. The summed E-state index contributed by atoms with van der Waals surface area (Å²) >= 11 is 0. The quantitative estimate of drug-likeness (QED) is 0.767. The number of aryl methyl sites for hydroxylation is 1. The van der Waals surface area contributed by atoms with Gasteiger partial charge in [0.1, 0.15) is 12.4 Å². The van der Waals surface area contributed by atoms with E-state index in [0.717, 1.165) is 18.6 Å². The molecule has 2 nitrogen and oxygen atoms in total. The van der Waals surface area contributed by atoms with Gasteiger partial charge in [-0.1, -0.05) is 32.4 Å². The highest BCUT2D eigenvalue weighted by molar-refractivity contribution is 5.27. The summed E-state index contributed by atoms with van der Waals surface area (Å²) in [6, 6.07) is 8.49. The van der Waals surface area contributed by atoms with Crippen molar-refractivity contribution in [3.63, 3.8) is 0 Å². The molecule has 1 rings (SSSR count). The molecule has 0 aliphatic carbocycles. The summed E-state index contributed by atoms with van der Waals surface area (Å²) in [6.07, 6.45) is 4.60. The first-order valence-corrected chi connectivity index (χ1v) is 6.23. The van der Waals surface area contributed by atoms with Crippen molar-refractivity contribution in [2.75, 3.05) is 6.61 Å². The van der Waals surface area contributed by atoms with Crippen LogP contribution < -0.4 is 10.5 Å². The Kier molecular flexibility index (Phi) is 5.94. The molecule has 0 saturated heterocycles. The molecule has 1 unspecified atom stereocenters. The third-order valence-electron chi connectivity index (χ3n) is 2.73. The van der Waals surface area contributed by atoms with Gasteiger partial charge in [0.05, 0.1) is 0 Å². The first kappa shape index (κ1) is 13.0. The molecule has 0 aliphatic rings. The van der Waals surface area contributed by atoms with E-state index >= 15 is 0 Å². The van der Waals surface area contributed by atoms with Crippen LogP contribution in [0.15, 0.2) is 24.3 Å². The van der Waals surface area contributed by atoms with Crippen LogP contribution in [0, 0.1) is 0 Å². The average molecular weight is 221 g/mol. The van der Waals surface area contributed by atoms with E-state index < -0.39 is 0 Å². The van der Waals surface area contributed by atoms with Crippen molar-refractivity contribution in [2.24, 2.45) is 5.73 Å². The van der Waals surface area contributed by atoms with Gasteiger partial charge in [0.15, 0.2) is 0 Å². The van der Waals surface area contributed by atoms with Crippen molar-refractivity contribution in [2.45, 2.75) is 45.6 Å². The zero-order valence-electron chi connectivity index (χ0n) is 10.4. The number of hydrogen-bond donors (Lipinski definition) is 1. The van der Waals surface area contributed by atoms with Gasteiger partial charge in [-0.3, -0.25) is 0 Å². The number of unbranched alkanes of at least 4 members (excludes halogenated alkanes) is 1. The topological polar surface area (TPSA) is 35.2 Å². The third-order valence-corrected chi connectivity index (χ3v) is 2.73. The molecule has 0 radical (unpaired) electrons. The lowest BCUT2D eigenvalue weighted by atomic mass is 10.1. The summed E-state index contributed by atoms with van der Waals surface area (Å²) in [4.78, 5) is 0. The smallest absolute Gasteiger partial charge is 0.119 e. The van der Waals surface area contributed by atoms with Crippen LogP contribution in [0.2, 0.25) is 0 Å². The Labute approximate surface area is 98.8 Å². The molecular formula is C14H23NO.